The van der Waals surface area contributed by atoms with Crippen LogP contribution in [0.4, 0.5) is 15.5 Å². The van der Waals surface area contributed by atoms with Crippen molar-refractivity contribution in [3.05, 3.63) is 89.6 Å². The molecule has 2 fully saturated rings. The van der Waals surface area contributed by atoms with Gasteiger partial charge in [-0.1, -0.05) is 93.0 Å². The molecule has 1 aromatic heterocycles. The van der Waals surface area contributed by atoms with Gasteiger partial charge in [-0.15, -0.1) is 4.90 Å². The fraction of sp³-hybridized carbons (Fsp3) is 0.500. The summed E-state index contributed by atoms with van der Waals surface area (Å²) >= 11 is 6.97. The van der Waals surface area contributed by atoms with Gasteiger partial charge < -0.3 is 18.6 Å². The molecule has 6 rings (SSSR count). The minimum Gasteiger partial charge on any atom is -0.443 e. The summed E-state index contributed by atoms with van der Waals surface area (Å²) in [6, 6.07) is 25.4. The molecule has 12 heteroatoms. The van der Waals surface area contributed by atoms with Gasteiger partial charge in [0.1, 0.15) is 11.2 Å². The molecule has 2 aliphatic rings. The summed E-state index contributed by atoms with van der Waals surface area (Å²) in [6.45, 7) is 22.4. The Labute approximate surface area is 338 Å². The van der Waals surface area contributed by atoms with Gasteiger partial charge in [0.2, 0.25) is 5.95 Å². The standard InChI is InChI=1S/C44H57ClN4O6Si/c1-41(2,3)53-39(50)49(40(51)54-42(4,5)6)38-46-27-31-25-35(45)34(26-36(31)47-38)30-21-23-48(24-22-30)44(10)29-52-28-37(44)55-56(43(7,8)9,32-17-13-11-14-18-32)33-19-15-12-16-20-33/h11-20,25-27,30,37H,21-24,28-29H2,1-10H3/t37-,44+/m0/s1. The van der Waals surface area contributed by atoms with E-state index in [9.17, 15) is 9.59 Å². The Hall–Kier alpha value is -3.87. The highest BCUT2D eigenvalue weighted by atomic mass is 35.5. The summed E-state index contributed by atoms with van der Waals surface area (Å²) in [5.41, 5.74) is -0.528. The quantitative estimate of drug-likeness (QED) is 0.170. The molecule has 300 valence electrons. The van der Waals surface area contributed by atoms with Crippen molar-refractivity contribution in [2.75, 3.05) is 31.2 Å². The number of piperidine rings is 1. The van der Waals surface area contributed by atoms with E-state index in [1.807, 2.05) is 12.1 Å². The van der Waals surface area contributed by atoms with Crippen LogP contribution < -0.4 is 15.3 Å². The zero-order valence-electron chi connectivity index (χ0n) is 34.5. The van der Waals surface area contributed by atoms with Crippen molar-refractivity contribution in [3.8, 4) is 0 Å². The molecule has 0 radical (unpaired) electrons. The molecular formula is C44H57ClN4O6Si. The zero-order valence-corrected chi connectivity index (χ0v) is 36.3. The summed E-state index contributed by atoms with van der Waals surface area (Å²) in [4.78, 5) is 39.0. The van der Waals surface area contributed by atoms with Crippen LogP contribution in [0.3, 0.4) is 0 Å². The number of benzene rings is 3. The number of imide groups is 1. The van der Waals surface area contributed by atoms with Crippen molar-refractivity contribution >= 4 is 59.3 Å². The van der Waals surface area contributed by atoms with Crippen molar-refractivity contribution in [1.29, 1.82) is 0 Å². The molecule has 4 aromatic rings. The second-order valence-corrected chi connectivity index (χ2v) is 23.0. The number of carbonyl (C=O) groups is 2. The minimum atomic E-state index is -2.82. The highest BCUT2D eigenvalue weighted by Gasteiger charge is 2.56. The Morgan fingerprint density at radius 1 is 0.857 bits per heavy atom. The number of fused-ring (bicyclic) bond motifs is 1. The first-order valence-electron chi connectivity index (χ1n) is 19.6. The van der Waals surface area contributed by atoms with E-state index in [4.69, 9.17) is 35.2 Å². The van der Waals surface area contributed by atoms with Crippen molar-refractivity contribution in [3.63, 3.8) is 0 Å². The molecule has 3 heterocycles. The van der Waals surface area contributed by atoms with Gasteiger partial charge in [0.25, 0.3) is 8.32 Å². The average molecular weight is 802 g/mol. The SMILES string of the molecule is CC(C)(C)OC(=O)N(C(=O)OC(C)(C)C)c1ncc2cc(Cl)c(C3CCN([C@]4(C)COC[C@@H]4O[Si](c4ccccc4)(c4ccccc4)C(C)(C)C)CC3)cc2n1. The predicted octanol–water partition coefficient (Wildman–Crippen LogP) is 8.87. The number of aromatic nitrogens is 2. The number of amides is 2. The molecule has 0 aliphatic carbocycles. The number of ether oxygens (including phenoxy) is 3. The van der Waals surface area contributed by atoms with Gasteiger partial charge in [0.15, 0.2) is 0 Å². The molecular weight excluding hydrogens is 744 g/mol. The smallest absolute Gasteiger partial charge is 0.427 e. The lowest BCUT2D eigenvalue weighted by molar-refractivity contribution is 0.00483. The Bertz CT molecular complexity index is 1960. The van der Waals surface area contributed by atoms with Crippen LogP contribution in [-0.4, -0.2) is 84.5 Å². The number of carbonyl (C=O) groups excluding carboxylic acids is 2. The van der Waals surface area contributed by atoms with E-state index in [0.717, 1.165) is 36.4 Å². The van der Waals surface area contributed by atoms with Crippen LogP contribution in [0.15, 0.2) is 79.0 Å². The lowest BCUT2D eigenvalue weighted by Crippen LogP contribution is -2.70. The van der Waals surface area contributed by atoms with E-state index in [1.165, 1.54) is 10.4 Å². The maximum atomic E-state index is 13.3. The average Bonchev–Trinajstić information content (AvgIpc) is 3.49. The van der Waals surface area contributed by atoms with Crippen LogP contribution in [0.2, 0.25) is 10.1 Å². The Kier molecular flexibility index (Phi) is 11.8. The van der Waals surface area contributed by atoms with Gasteiger partial charge in [-0.3, -0.25) is 4.90 Å². The highest BCUT2D eigenvalue weighted by Crippen LogP contribution is 2.43. The molecule has 0 saturated carbocycles. The molecule has 0 bridgehead atoms. The van der Waals surface area contributed by atoms with Crippen LogP contribution in [0.5, 0.6) is 0 Å². The first-order chi connectivity index (χ1) is 26.2. The number of likely N-dealkylation sites (tertiary alicyclic amines) is 1. The maximum Gasteiger partial charge on any atom is 0.427 e. The normalized spacial score (nSPS) is 20.2. The van der Waals surface area contributed by atoms with Crippen molar-refractivity contribution in [2.24, 2.45) is 0 Å². The van der Waals surface area contributed by atoms with Crippen LogP contribution in [0, 0.1) is 0 Å². The Balaban J connectivity index is 1.26. The molecule has 56 heavy (non-hydrogen) atoms. The number of halogens is 1. The van der Waals surface area contributed by atoms with Gasteiger partial charge in [0, 0.05) is 16.6 Å². The van der Waals surface area contributed by atoms with Crippen LogP contribution in [0.25, 0.3) is 10.9 Å². The molecule has 2 aliphatic heterocycles. The topological polar surface area (TPSA) is 103 Å². The molecule has 0 unspecified atom stereocenters. The summed E-state index contributed by atoms with van der Waals surface area (Å²) in [7, 11) is -2.82. The van der Waals surface area contributed by atoms with Gasteiger partial charge in [-0.25, -0.2) is 19.6 Å². The number of anilines is 1. The summed E-state index contributed by atoms with van der Waals surface area (Å²) in [5, 5.41) is 3.67. The second kappa shape index (κ2) is 15.8. The Morgan fingerprint density at radius 2 is 1.39 bits per heavy atom. The van der Waals surface area contributed by atoms with Crippen LogP contribution >= 0.6 is 11.6 Å². The van der Waals surface area contributed by atoms with Crippen molar-refractivity contribution in [2.45, 2.75) is 116 Å². The molecule has 10 nitrogen and oxygen atoms in total. The molecule has 2 atom stereocenters. The summed E-state index contributed by atoms with van der Waals surface area (Å²) < 4.78 is 25.1. The third-order valence-electron chi connectivity index (χ3n) is 10.8. The fourth-order valence-corrected chi connectivity index (χ4v) is 13.1. The van der Waals surface area contributed by atoms with Crippen molar-refractivity contribution in [1.82, 2.24) is 14.9 Å². The minimum absolute atomic E-state index is 0.134. The summed E-state index contributed by atoms with van der Waals surface area (Å²) in [5.74, 6) is 0.0292. The predicted molar refractivity (Wildman–Crippen MR) is 225 cm³/mol. The first kappa shape index (κ1) is 41.8. The van der Waals surface area contributed by atoms with E-state index in [1.54, 1.807) is 47.7 Å². The van der Waals surface area contributed by atoms with Crippen molar-refractivity contribution < 1.29 is 28.2 Å². The van der Waals surface area contributed by atoms with E-state index >= 15 is 0 Å². The van der Waals surface area contributed by atoms with E-state index in [2.05, 4.69) is 98.2 Å². The fourth-order valence-electron chi connectivity index (χ4n) is 8.04. The highest BCUT2D eigenvalue weighted by molar-refractivity contribution is 6.99. The number of hydrogen-bond donors (Lipinski definition) is 0. The zero-order chi connectivity index (χ0) is 40.7. The van der Waals surface area contributed by atoms with Crippen LogP contribution in [0.1, 0.15) is 93.6 Å². The van der Waals surface area contributed by atoms with Crippen LogP contribution in [-0.2, 0) is 18.6 Å². The molecule has 2 saturated heterocycles. The number of hydrogen-bond acceptors (Lipinski definition) is 9. The third kappa shape index (κ3) is 8.67. The van der Waals surface area contributed by atoms with Gasteiger partial charge >= 0.3 is 12.2 Å². The Morgan fingerprint density at radius 3 is 1.89 bits per heavy atom. The van der Waals surface area contributed by atoms with Gasteiger partial charge in [-0.2, -0.15) is 0 Å². The monoisotopic (exact) mass is 800 g/mol. The largest absolute Gasteiger partial charge is 0.443 e. The number of rotatable bonds is 7. The molecule has 0 N–H and O–H groups in total. The lowest BCUT2D eigenvalue weighted by Gasteiger charge is -2.50. The third-order valence-corrected chi connectivity index (χ3v) is 16.2. The van der Waals surface area contributed by atoms with Gasteiger partial charge in [-0.05, 0) is 113 Å². The van der Waals surface area contributed by atoms with E-state index in [0.29, 0.717) is 29.1 Å². The first-order valence-corrected chi connectivity index (χ1v) is 21.8. The molecule has 3 aromatic carbocycles. The van der Waals surface area contributed by atoms with E-state index in [-0.39, 0.29) is 28.5 Å². The molecule has 0 spiro atoms. The lowest BCUT2D eigenvalue weighted by atomic mass is 9.85. The van der Waals surface area contributed by atoms with Gasteiger partial charge in [0.05, 0.1) is 30.4 Å². The summed E-state index contributed by atoms with van der Waals surface area (Å²) in [6.07, 6.45) is 1.32. The maximum absolute atomic E-state index is 13.3. The second-order valence-electron chi connectivity index (χ2n) is 18.3. The molecule has 2 amide bonds. The number of nitrogens with zero attached hydrogens (tertiary/aromatic N) is 4. The van der Waals surface area contributed by atoms with E-state index < -0.39 is 31.7 Å².